The maximum Gasteiger partial charge on any atom is 0.305 e. The Kier molecular flexibility index (Phi) is 7.58. The molecule has 2 heterocycles. The van der Waals surface area contributed by atoms with Crippen LogP contribution in [-0.4, -0.2) is 28.7 Å². The zero-order chi connectivity index (χ0) is 24.9. The summed E-state index contributed by atoms with van der Waals surface area (Å²) in [7, 11) is 0. The first kappa shape index (κ1) is 24.6. The summed E-state index contributed by atoms with van der Waals surface area (Å²) in [5.41, 5.74) is 4.25. The lowest BCUT2D eigenvalue weighted by molar-refractivity contribution is -0.136. The fraction of sp³-hybridized carbons (Fsp3) is 0.444. The van der Waals surface area contributed by atoms with Gasteiger partial charge in [-0.1, -0.05) is 24.4 Å². The van der Waals surface area contributed by atoms with Gasteiger partial charge in [-0.05, 0) is 69.9 Å². The standard InChI is InChI=1S/C27H33N3O5/c1-16-25(18(3)35-30-16)23-15-22(17(2)34-23)26(19-7-5-4-6-8-19)29-21-11-9-20(10-12-21)27(33)28-14-13-24(31)32/h9-12,15,19,26,29H,4-8,13-14H2,1-3H3,(H,28,33)(H,31,32). The van der Waals surface area contributed by atoms with E-state index in [4.69, 9.17) is 14.0 Å². The zero-order valence-corrected chi connectivity index (χ0v) is 20.5. The highest BCUT2D eigenvalue weighted by Gasteiger charge is 2.29. The minimum Gasteiger partial charge on any atom is -0.481 e. The predicted octanol–water partition coefficient (Wildman–Crippen LogP) is 5.80. The van der Waals surface area contributed by atoms with Crippen LogP contribution in [0.1, 0.15) is 77.7 Å². The molecule has 1 aromatic carbocycles. The van der Waals surface area contributed by atoms with Gasteiger partial charge >= 0.3 is 5.97 Å². The van der Waals surface area contributed by atoms with E-state index in [2.05, 4.69) is 21.9 Å². The van der Waals surface area contributed by atoms with Gasteiger partial charge in [0.1, 0.15) is 17.3 Å². The number of carboxylic acid groups (broad SMARTS) is 1. The number of amides is 1. The minimum atomic E-state index is -0.939. The van der Waals surface area contributed by atoms with Gasteiger partial charge in [-0.15, -0.1) is 0 Å². The van der Waals surface area contributed by atoms with Crippen LogP contribution in [0, 0.1) is 26.7 Å². The van der Waals surface area contributed by atoms with Gasteiger partial charge in [-0.3, -0.25) is 9.59 Å². The molecule has 1 atom stereocenters. The van der Waals surface area contributed by atoms with Crippen LogP contribution < -0.4 is 10.6 Å². The Labute approximate surface area is 205 Å². The molecular formula is C27H33N3O5. The number of carboxylic acids is 1. The first-order chi connectivity index (χ1) is 16.8. The molecule has 186 valence electrons. The van der Waals surface area contributed by atoms with E-state index in [1.54, 1.807) is 12.1 Å². The third-order valence-corrected chi connectivity index (χ3v) is 6.79. The Morgan fingerprint density at radius 2 is 1.80 bits per heavy atom. The Balaban J connectivity index is 1.56. The first-order valence-corrected chi connectivity index (χ1v) is 12.2. The van der Waals surface area contributed by atoms with Gasteiger partial charge < -0.3 is 24.7 Å². The molecule has 2 aromatic heterocycles. The summed E-state index contributed by atoms with van der Waals surface area (Å²) in [5.74, 6) is 1.63. The molecule has 0 bridgehead atoms. The van der Waals surface area contributed by atoms with E-state index in [0.717, 1.165) is 52.6 Å². The highest BCUT2D eigenvalue weighted by molar-refractivity contribution is 5.94. The van der Waals surface area contributed by atoms with E-state index < -0.39 is 5.97 Å². The third kappa shape index (κ3) is 5.75. The Bertz CT molecular complexity index is 1150. The monoisotopic (exact) mass is 479 g/mol. The van der Waals surface area contributed by atoms with E-state index in [0.29, 0.717) is 11.5 Å². The van der Waals surface area contributed by atoms with Crippen molar-refractivity contribution in [1.29, 1.82) is 0 Å². The number of nitrogens with one attached hydrogen (secondary N) is 2. The van der Waals surface area contributed by atoms with Crippen LogP contribution in [0.2, 0.25) is 0 Å². The number of hydrogen-bond acceptors (Lipinski definition) is 6. The number of benzene rings is 1. The lowest BCUT2D eigenvalue weighted by atomic mass is 9.81. The summed E-state index contributed by atoms with van der Waals surface area (Å²) in [4.78, 5) is 23.0. The molecule has 0 radical (unpaired) electrons. The van der Waals surface area contributed by atoms with Crippen LogP contribution in [0.5, 0.6) is 0 Å². The van der Waals surface area contributed by atoms with Gasteiger partial charge in [0.2, 0.25) is 0 Å². The largest absolute Gasteiger partial charge is 0.481 e. The molecule has 1 amide bonds. The van der Waals surface area contributed by atoms with Crippen molar-refractivity contribution < 1.29 is 23.6 Å². The number of aromatic nitrogens is 1. The van der Waals surface area contributed by atoms with Gasteiger partial charge in [-0.25, -0.2) is 0 Å². The SMILES string of the molecule is Cc1noc(C)c1-c1cc(C(Nc2ccc(C(=O)NCCC(=O)O)cc2)C2CCCCC2)c(C)o1. The van der Waals surface area contributed by atoms with Gasteiger partial charge in [-0.2, -0.15) is 0 Å². The number of hydrogen-bond donors (Lipinski definition) is 3. The number of carbonyl (C=O) groups excluding carboxylic acids is 1. The van der Waals surface area contributed by atoms with Gasteiger partial charge in [0.25, 0.3) is 5.91 Å². The molecule has 3 aromatic rings. The number of carbonyl (C=O) groups is 2. The number of anilines is 1. The van der Waals surface area contributed by atoms with Gasteiger partial charge in [0.05, 0.1) is 23.7 Å². The van der Waals surface area contributed by atoms with Crippen LogP contribution in [0.3, 0.4) is 0 Å². The van der Waals surface area contributed by atoms with E-state index >= 15 is 0 Å². The predicted molar refractivity (Wildman–Crippen MR) is 132 cm³/mol. The molecule has 0 saturated heterocycles. The minimum absolute atomic E-state index is 0.0727. The molecule has 4 rings (SSSR count). The maximum atomic E-state index is 12.3. The summed E-state index contributed by atoms with van der Waals surface area (Å²) >= 11 is 0. The molecule has 1 fully saturated rings. The van der Waals surface area contributed by atoms with Gasteiger partial charge in [0, 0.05) is 23.4 Å². The second-order valence-corrected chi connectivity index (χ2v) is 9.32. The van der Waals surface area contributed by atoms with Crippen molar-refractivity contribution >= 4 is 17.6 Å². The van der Waals surface area contributed by atoms with Gasteiger partial charge in [0.15, 0.2) is 0 Å². The maximum absolute atomic E-state index is 12.3. The molecule has 1 unspecified atom stereocenters. The Morgan fingerprint density at radius 3 is 2.43 bits per heavy atom. The summed E-state index contributed by atoms with van der Waals surface area (Å²) in [6.45, 7) is 5.91. The van der Waals surface area contributed by atoms with E-state index in [9.17, 15) is 9.59 Å². The average molecular weight is 480 g/mol. The molecule has 0 spiro atoms. The van der Waals surface area contributed by atoms with Crippen LogP contribution in [-0.2, 0) is 4.79 Å². The quantitative estimate of drug-likeness (QED) is 0.355. The highest BCUT2D eigenvalue weighted by atomic mass is 16.5. The molecule has 3 N–H and O–H groups in total. The second-order valence-electron chi connectivity index (χ2n) is 9.32. The van der Waals surface area contributed by atoms with Crippen LogP contribution in [0.15, 0.2) is 39.3 Å². The lowest BCUT2D eigenvalue weighted by Gasteiger charge is -2.31. The topological polar surface area (TPSA) is 118 Å². The molecule has 8 heteroatoms. The fourth-order valence-electron chi connectivity index (χ4n) is 4.96. The normalized spacial score (nSPS) is 15.1. The number of nitrogens with zero attached hydrogens (tertiary/aromatic N) is 1. The summed E-state index contributed by atoms with van der Waals surface area (Å²) < 4.78 is 11.6. The molecule has 1 aliphatic rings. The van der Waals surface area contributed by atoms with Crippen molar-refractivity contribution in [3.63, 3.8) is 0 Å². The Hall–Kier alpha value is -3.55. The average Bonchev–Trinajstić information content (AvgIpc) is 3.38. The smallest absolute Gasteiger partial charge is 0.305 e. The van der Waals surface area contributed by atoms with E-state index in [-0.39, 0.29) is 24.9 Å². The molecule has 35 heavy (non-hydrogen) atoms. The van der Waals surface area contributed by atoms with Crippen molar-refractivity contribution in [2.75, 3.05) is 11.9 Å². The first-order valence-electron chi connectivity index (χ1n) is 12.2. The zero-order valence-electron chi connectivity index (χ0n) is 20.5. The number of aryl methyl sites for hydroxylation is 3. The third-order valence-electron chi connectivity index (χ3n) is 6.79. The fourth-order valence-corrected chi connectivity index (χ4v) is 4.96. The molecule has 1 aliphatic carbocycles. The van der Waals surface area contributed by atoms with Crippen LogP contribution >= 0.6 is 0 Å². The number of furan rings is 1. The van der Waals surface area contributed by atoms with E-state index in [1.165, 1.54) is 19.3 Å². The van der Waals surface area contributed by atoms with Crippen LogP contribution in [0.25, 0.3) is 11.3 Å². The second kappa shape index (κ2) is 10.8. The summed E-state index contributed by atoms with van der Waals surface area (Å²) in [5, 5.41) is 19.2. The number of aliphatic carboxylic acids is 1. The Morgan fingerprint density at radius 1 is 1.09 bits per heavy atom. The highest BCUT2D eigenvalue weighted by Crippen LogP contribution is 2.41. The van der Waals surface area contributed by atoms with Crippen molar-refractivity contribution in [1.82, 2.24) is 10.5 Å². The summed E-state index contributed by atoms with van der Waals surface area (Å²) in [6, 6.07) is 9.49. The molecule has 1 saturated carbocycles. The molecular weight excluding hydrogens is 446 g/mol. The molecule has 0 aliphatic heterocycles. The lowest BCUT2D eigenvalue weighted by Crippen LogP contribution is -2.26. The van der Waals surface area contributed by atoms with Crippen LogP contribution in [0.4, 0.5) is 5.69 Å². The summed E-state index contributed by atoms with van der Waals surface area (Å²) in [6.07, 6.45) is 5.88. The van der Waals surface area contributed by atoms with Crippen molar-refractivity contribution in [3.05, 3.63) is 58.7 Å². The van der Waals surface area contributed by atoms with E-state index in [1.807, 2.05) is 32.9 Å². The van der Waals surface area contributed by atoms with Crippen molar-refractivity contribution in [2.45, 2.75) is 65.3 Å². The van der Waals surface area contributed by atoms with Crippen molar-refractivity contribution in [3.8, 4) is 11.3 Å². The van der Waals surface area contributed by atoms with Crippen molar-refractivity contribution in [2.24, 2.45) is 5.92 Å². The number of rotatable bonds is 9. The molecule has 8 nitrogen and oxygen atoms in total.